The molecule has 0 aliphatic carbocycles. The molecule has 7 nitrogen and oxygen atoms in total. The van der Waals surface area contributed by atoms with Gasteiger partial charge in [0.05, 0.1) is 29.4 Å². The lowest BCUT2D eigenvalue weighted by atomic mass is 10.4. The zero-order valence-electron chi connectivity index (χ0n) is 13.7. The Morgan fingerprint density at radius 3 is 2.32 bits per heavy atom. The molecule has 1 N–H and O–H groups in total. The topological polar surface area (TPSA) is 118 Å². The van der Waals surface area contributed by atoms with Gasteiger partial charge in [-0.2, -0.15) is 0 Å². The molecule has 0 saturated carbocycles. The molecule has 0 saturated heterocycles. The molecule has 0 aliphatic rings. The molecule has 0 spiro atoms. The van der Waals surface area contributed by atoms with Crippen molar-refractivity contribution in [2.75, 3.05) is 23.0 Å². The molecular formula is C14H21NO6S4. The molecule has 25 heavy (non-hydrogen) atoms. The fourth-order valence-corrected chi connectivity index (χ4v) is 7.50. The van der Waals surface area contributed by atoms with Crippen LogP contribution in [0.25, 0.3) is 0 Å². The molecule has 11 heteroatoms. The molecule has 1 heterocycles. The first-order valence-electron chi connectivity index (χ1n) is 7.47. The zero-order valence-corrected chi connectivity index (χ0v) is 17.0. The van der Waals surface area contributed by atoms with Gasteiger partial charge in [-0.05, 0) is 29.3 Å². The molecule has 142 valence electrons. The maximum Gasteiger partial charge on any atom is 0.304 e. The van der Waals surface area contributed by atoms with Crippen molar-refractivity contribution in [1.29, 1.82) is 0 Å². The summed E-state index contributed by atoms with van der Waals surface area (Å²) in [7, 11) is -4.19. The zero-order chi connectivity index (χ0) is 18.9. The number of carbonyl (C=O) groups is 1. The van der Waals surface area contributed by atoms with Crippen molar-refractivity contribution >= 4 is 47.2 Å². The standard InChI is InChI=1S/C14H21NO6S4/c1-12(22-23-13-4-2-3-7-15-13)5-8-24(18,19)10-11-25(20,21)9-6-14(16)17/h2-4,7,12H,5-6,8-11H2,1H3,(H,16,17). The highest BCUT2D eigenvalue weighted by atomic mass is 33.1. The largest absolute Gasteiger partial charge is 0.481 e. The fraction of sp³-hybridized carbons (Fsp3) is 0.571. The molecule has 1 atom stereocenters. The van der Waals surface area contributed by atoms with Crippen LogP contribution in [0.4, 0.5) is 0 Å². The van der Waals surface area contributed by atoms with Crippen molar-refractivity contribution in [3.05, 3.63) is 24.4 Å². The number of hydrogen-bond acceptors (Lipinski definition) is 8. The second-order valence-corrected chi connectivity index (χ2v) is 12.7. The quantitative estimate of drug-likeness (QED) is 0.499. The molecule has 0 bridgehead atoms. The second kappa shape index (κ2) is 10.4. The summed E-state index contributed by atoms with van der Waals surface area (Å²) in [4.78, 5) is 14.6. The van der Waals surface area contributed by atoms with Crippen LogP contribution in [0.3, 0.4) is 0 Å². The van der Waals surface area contributed by atoms with Crippen LogP contribution < -0.4 is 0 Å². The van der Waals surface area contributed by atoms with E-state index >= 15 is 0 Å². The summed E-state index contributed by atoms with van der Waals surface area (Å²) >= 11 is 0. The van der Waals surface area contributed by atoms with E-state index in [-0.39, 0.29) is 11.0 Å². The third-order valence-electron chi connectivity index (χ3n) is 3.10. The van der Waals surface area contributed by atoms with Crippen LogP contribution >= 0.6 is 21.6 Å². The van der Waals surface area contributed by atoms with Crippen LogP contribution in [0, 0.1) is 0 Å². The van der Waals surface area contributed by atoms with Gasteiger partial charge in [-0.25, -0.2) is 21.8 Å². The lowest BCUT2D eigenvalue weighted by Crippen LogP contribution is -2.23. The molecule has 1 unspecified atom stereocenters. The van der Waals surface area contributed by atoms with Gasteiger partial charge in [0.25, 0.3) is 0 Å². The summed E-state index contributed by atoms with van der Waals surface area (Å²) in [5, 5.41) is 9.39. The van der Waals surface area contributed by atoms with E-state index in [1.54, 1.807) is 6.20 Å². The summed E-state index contributed by atoms with van der Waals surface area (Å²) in [6.45, 7) is 1.90. The second-order valence-electron chi connectivity index (χ2n) is 5.39. The molecule has 0 radical (unpaired) electrons. The molecule has 0 amide bonds. The highest BCUT2D eigenvalue weighted by Crippen LogP contribution is 2.34. The van der Waals surface area contributed by atoms with E-state index in [2.05, 4.69) is 4.98 Å². The minimum atomic E-state index is -3.67. The van der Waals surface area contributed by atoms with E-state index in [9.17, 15) is 21.6 Å². The Morgan fingerprint density at radius 2 is 1.76 bits per heavy atom. The smallest absolute Gasteiger partial charge is 0.304 e. The highest BCUT2D eigenvalue weighted by molar-refractivity contribution is 8.76. The highest BCUT2D eigenvalue weighted by Gasteiger charge is 2.20. The van der Waals surface area contributed by atoms with Crippen LogP contribution in [-0.2, 0) is 24.5 Å². The average molecular weight is 428 g/mol. The van der Waals surface area contributed by atoms with E-state index in [0.717, 1.165) is 5.03 Å². The number of sulfone groups is 2. The summed E-state index contributed by atoms with van der Waals surface area (Å²) in [5.74, 6) is -2.86. The maximum absolute atomic E-state index is 12.0. The number of aliphatic carboxylic acids is 1. The molecule has 0 aliphatic heterocycles. The minimum absolute atomic E-state index is 0.0606. The monoisotopic (exact) mass is 427 g/mol. The Labute approximate surface area is 156 Å². The number of carboxylic acids is 1. The van der Waals surface area contributed by atoms with E-state index in [1.165, 1.54) is 21.6 Å². The molecule has 1 aromatic heterocycles. The molecule has 0 fully saturated rings. The Balaban J connectivity index is 2.35. The maximum atomic E-state index is 12.0. The van der Waals surface area contributed by atoms with Crippen LogP contribution in [0.15, 0.2) is 29.4 Å². The third-order valence-corrected chi connectivity index (χ3v) is 9.56. The van der Waals surface area contributed by atoms with Crippen LogP contribution in [0.5, 0.6) is 0 Å². The van der Waals surface area contributed by atoms with Crippen LogP contribution in [0.2, 0.25) is 0 Å². The number of hydrogen-bond donors (Lipinski definition) is 1. The van der Waals surface area contributed by atoms with Gasteiger partial charge in [0.15, 0.2) is 19.7 Å². The van der Waals surface area contributed by atoms with Crippen molar-refractivity contribution in [1.82, 2.24) is 4.98 Å². The van der Waals surface area contributed by atoms with Gasteiger partial charge in [-0.1, -0.05) is 23.8 Å². The average Bonchev–Trinajstić information content (AvgIpc) is 2.56. The van der Waals surface area contributed by atoms with Crippen molar-refractivity contribution in [2.45, 2.75) is 30.0 Å². The van der Waals surface area contributed by atoms with Crippen molar-refractivity contribution in [2.24, 2.45) is 0 Å². The lowest BCUT2D eigenvalue weighted by molar-refractivity contribution is -0.136. The molecule has 1 rings (SSSR count). The fourth-order valence-electron chi connectivity index (χ4n) is 1.62. The Bertz CT molecular complexity index is 749. The molecule has 0 aromatic carbocycles. The molecule has 1 aromatic rings. The predicted molar refractivity (Wildman–Crippen MR) is 101 cm³/mol. The first-order valence-corrected chi connectivity index (χ1v) is 13.3. The third kappa shape index (κ3) is 10.7. The number of pyridine rings is 1. The van der Waals surface area contributed by atoms with Crippen LogP contribution in [-0.4, -0.2) is 61.2 Å². The molecular weight excluding hydrogens is 406 g/mol. The Hall–Kier alpha value is -0.780. The predicted octanol–water partition coefficient (Wildman–Crippen LogP) is 1.90. The number of nitrogens with zero attached hydrogens (tertiary/aromatic N) is 1. The van der Waals surface area contributed by atoms with Gasteiger partial charge in [-0.3, -0.25) is 4.79 Å². The Morgan fingerprint density at radius 1 is 1.12 bits per heavy atom. The lowest BCUT2D eigenvalue weighted by Gasteiger charge is -2.10. The normalized spacial score (nSPS) is 13.5. The van der Waals surface area contributed by atoms with Gasteiger partial charge in [0.2, 0.25) is 0 Å². The summed E-state index contributed by atoms with van der Waals surface area (Å²) in [6, 6.07) is 5.55. The summed E-state index contributed by atoms with van der Waals surface area (Å²) in [5.41, 5.74) is 0. The van der Waals surface area contributed by atoms with Gasteiger partial charge >= 0.3 is 5.97 Å². The van der Waals surface area contributed by atoms with Gasteiger partial charge in [-0.15, -0.1) is 0 Å². The first kappa shape index (κ1) is 22.3. The Kier molecular flexibility index (Phi) is 9.25. The summed E-state index contributed by atoms with van der Waals surface area (Å²) < 4.78 is 47.2. The number of rotatable bonds is 12. The summed E-state index contributed by atoms with van der Waals surface area (Å²) in [6.07, 6.45) is 1.58. The minimum Gasteiger partial charge on any atom is -0.481 e. The first-order chi connectivity index (χ1) is 11.6. The number of aromatic nitrogens is 1. The van der Waals surface area contributed by atoms with Gasteiger partial charge in [0.1, 0.15) is 5.03 Å². The number of carboxylic acid groups (broad SMARTS) is 1. The van der Waals surface area contributed by atoms with E-state index in [0.29, 0.717) is 6.42 Å². The van der Waals surface area contributed by atoms with Crippen molar-refractivity contribution < 1.29 is 26.7 Å². The van der Waals surface area contributed by atoms with E-state index < -0.39 is 49.3 Å². The van der Waals surface area contributed by atoms with Gasteiger partial charge in [0, 0.05) is 11.4 Å². The van der Waals surface area contributed by atoms with Crippen LogP contribution in [0.1, 0.15) is 19.8 Å². The van der Waals surface area contributed by atoms with E-state index in [1.807, 2.05) is 25.1 Å². The van der Waals surface area contributed by atoms with Gasteiger partial charge < -0.3 is 5.11 Å². The van der Waals surface area contributed by atoms with E-state index in [4.69, 9.17) is 5.11 Å². The van der Waals surface area contributed by atoms with Crippen molar-refractivity contribution in [3.63, 3.8) is 0 Å². The SMILES string of the molecule is CC(CCS(=O)(=O)CCS(=O)(=O)CCC(=O)O)SSc1ccccn1. The van der Waals surface area contributed by atoms with Crippen molar-refractivity contribution in [3.8, 4) is 0 Å².